The molecule has 0 heterocycles. The summed E-state index contributed by atoms with van der Waals surface area (Å²) in [5.41, 5.74) is 0. The molecule has 108 valence electrons. The van der Waals surface area contributed by atoms with Crippen molar-refractivity contribution in [2.24, 2.45) is 11.8 Å². The average Bonchev–Trinajstić information content (AvgIpc) is 2.34. The first-order chi connectivity index (χ1) is 8.69. The van der Waals surface area contributed by atoms with E-state index in [1.807, 2.05) is 0 Å². The van der Waals surface area contributed by atoms with E-state index in [9.17, 15) is 0 Å². The molecule has 0 aromatic carbocycles. The Hall–Kier alpha value is -0.0800. The first-order valence-corrected chi connectivity index (χ1v) is 8.04. The Morgan fingerprint density at radius 1 is 1.06 bits per heavy atom. The number of ether oxygens (including phenoxy) is 1. The van der Waals surface area contributed by atoms with Gasteiger partial charge in [0.05, 0.1) is 6.10 Å². The van der Waals surface area contributed by atoms with E-state index in [1.165, 1.54) is 38.5 Å². The molecule has 4 unspecified atom stereocenters. The molecule has 2 heteroatoms. The van der Waals surface area contributed by atoms with Crippen molar-refractivity contribution in [1.29, 1.82) is 0 Å². The number of hydrogen-bond acceptors (Lipinski definition) is 2. The highest BCUT2D eigenvalue weighted by atomic mass is 16.5. The number of nitrogens with one attached hydrogen (secondary N) is 1. The maximum absolute atomic E-state index is 6.19. The molecule has 1 fully saturated rings. The summed E-state index contributed by atoms with van der Waals surface area (Å²) in [6.45, 7) is 11.3. The molecule has 4 atom stereocenters. The molecular formula is C16H33NO. The second-order valence-corrected chi connectivity index (χ2v) is 6.16. The maximum atomic E-state index is 6.19. The number of hydrogen-bond donors (Lipinski definition) is 1. The zero-order valence-electron chi connectivity index (χ0n) is 12.9. The van der Waals surface area contributed by atoms with Crippen LogP contribution in [-0.4, -0.2) is 25.3 Å². The van der Waals surface area contributed by atoms with Gasteiger partial charge in [-0.2, -0.15) is 0 Å². The molecular weight excluding hydrogens is 222 g/mol. The van der Waals surface area contributed by atoms with Crippen LogP contribution in [0, 0.1) is 11.8 Å². The quantitative estimate of drug-likeness (QED) is 0.662. The van der Waals surface area contributed by atoms with Crippen LogP contribution >= 0.6 is 0 Å². The van der Waals surface area contributed by atoms with Crippen LogP contribution in [0.25, 0.3) is 0 Å². The van der Waals surface area contributed by atoms with Crippen molar-refractivity contribution in [2.75, 3.05) is 13.2 Å². The van der Waals surface area contributed by atoms with Gasteiger partial charge in [0.2, 0.25) is 0 Å². The topological polar surface area (TPSA) is 21.3 Å². The lowest BCUT2D eigenvalue weighted by molar-refractivity contribution is -0.0388. The molecule has 1 N–H and O–H groups in total. The highest BCUT2D eigenvalue weighted by Crippen LogP contribution is 2.31. The minimum absolute atomic E-state index is 0.435. The predicted molar refractivity (Wildman–Crippen MR) is 78.9 cm³/mol. The second-order valence-electron chi connectivity index (χ2n) is 6.16. The van der Waals surface area contributed by atoms with Crippen molar-refractivity contribution >= 4 is 0 Å². The average molecular weight is 255 g/mol. The van der Waals surface area contributed by atoms with E-state index in [4.69, 9.17) is 4.74 Å². The van der Waals surface area contributed by atoms with Gasteiger partial charge in [-0.3, -0.25) is 0 Å². The van der Waals surface area contributed by atoms with Gasteiger partial charge in [-0.05, 0) is 44.1 Å². The summed E-state index contributed by atoms with van der Waals surface area (Å²) in [7, 11) is 0. The van der Waals surface area contributed by atoms with Gasteiger partial charge in [0, 0.05) is 12.6 Å². The maximum Gasteiger partial charge on any atom is 0.0753 e. The lowest BCUT2D eigenvalue weighted by Gasteiger charge is -2.40. The summed E-state index contributed by atoms with van der Waals surface area (Å²) >= 11 is 0. The lowest BCUT2D eigenvalue weighted by Crippen LogP contribution is -2.49. The zero-order chi connectivity index (χ0) is 13.4. The van der Waals surface area contributed by atoms with Gasteiger partial charge < -0.3 is 10.1 Å². The number of rotatable bonds is 8. The summed E-state index contributed by atoms with van der Waals surface area (Å²) in [4.78, 5) is 0. The highest BCUT2D eigenvalue weighted by molar-refractivity contribution is 4.88. The van der Waals surface area contributed by atoms with Crippen molar-refractivity contribution in [2.45, 2.75) is 78.4 Å². The smallest absolute Gasteiger partial charge is 0.0753 e. The molecule has 18 heavy (non-hydrogen) atoms. The van der Waals surface area contributed by atoms with Crippen molar-refractivity contribution in [3.63, 3.8) is 0 Å². The fraction of sp³-hybridized carbons (Fsp3) is 1.00. The minimum Gasteiger partial charge on any atom is -0.376 e. The van der Waals surface area contributed by atoms with Crippen LogP contribution in [0.5, 0.6) is 0 Å². The van der Waals surface area contributed by atoms with Gasteiger partial charge in [-0.15, -0.1) is 0 Å². The van der Waals surface area contributed by atoms with Crippen LogP contribution in [0.4, 0.5) is 0 Å². The Morgan fingerprint density at radius 3 is 2.50 bits per heavy atom. The van der Waals surface area contributed by atoms with Crippen molar-refractivity contribution in [3.05, 3.63) is 0 Å². The van der Waals surface area contributed by atoms with Gasteiger partial charge in [0.25, 0.3) is 0 Å². The molecule has 0 bridgehead atoms. The first-order valence-electron chi connectivity index (χ1n) is 8.04. The Labute approximate surface area is 114 Å². The molecule has 0 amide bonds. The summed E-state index contributed by atoms with van der Waals surface area (Å²) in [5, 5.41) is 3.70. The molecule has 1 aliphatic carbocycles. The number of unbranched alkanes of at least 4 members (excludes halogenated alkanes) is 2. The van der Waals surface area contributed by atoms with E-state index in [1.54, 1.807) is 0 Å². The van der Waals surface area contributed by atoms with Crippen molar-refractivity contribution < 1.29 is 4.74 Å². The van der Waals surface area contributed by atoms with E-state index in [0.29, 0.717) is 18.1 Å². The molecule has 0 spiro atoms. The largest absolute Gasteiger partial charge is 0.376 e. The third kappa shape index (κ3) is 5.27. The van der Waals surface area contributed by atoms with E-state index in [-0.39, 0.29) is 0 Å². The van der Waals surface area contributed by atoms with Crippen LogP contribution in [-0.2, 0) is 4.74 Å². The Balaban J connectivity index is 2.41. The lowest BCUT2D eigenvalue weighted by atomic mass is 9.78. The normalized spacial score (nSPS) is 32.7. The molecule has 1 rings (SSSR count). The Morgan fingerprint density at radius 2 is 1.83 bits per heavy atom. The highest BCUT2D eigenvalue weighted by Gasteiger charge is 2.34. The molecule has 0 saturated heterocycles. The van der Waals surface area contributed by atoms with E-state index in [0.717, 1.165) is 19.1 Å². The van der Waals surface area contributed by atoms with Crippen LogP contribution in [0.1, 0.15) is 66.2 Å². The van der Waals surface area contributed by atoms with Gasteiger partial charge >= 0.3 is 0 Å². The summed E-state index contributed by atoms with van der Waals surface area (Å²) in [6, 6.07) is 0.574. The van der Waals surface area contributed by atoms with Gasteiger partial charge in [0.1, 0.15) is 0 Å². The molecule has 0 aromatic rings. The molecule has 0 aromatic heterocycles. The molecule has 1 aliphatic rings. The predicted octanol–water partition coefficient (Wildman–Crippen LogP) is 4.00. The SMILES string of the molecule is CCCCCOC1C(C)CC(C)CC1NCCC. The van der Waals surface area contributed by atoms with E-state index >= 15 is 0 Å². The second kappa shape index (κ2) is 8.92. The fourth-order valence-corrected chi connectivity index (χ4v) is 3.21. The van der Waals surface area contributed by atoms with Crippen LogP contribution in [0.2, 0.25) is 0 Å². The summed E-state index contributed by atoms with van der Waals surface area (Å²) < 4.78 is 6.19. The Kier molecular flexibility index (Phi) is 7.92. The summed E-state index contributed by atoms with van der Waals surface area (Å²) in [5.74, 6) is 1.54. The third-order valence-corrected chi connectivity index (χ3v) is 4.10. The van der Waals surface area contributed by atoms with Gasteiger partial charge in [-0.1, -0.05) is 40.5 Å². The first kappa shape index (κ1) is 16.0. The van der Waals surface area contributed by atoms with Crippen LogP contribution < -0.4 is 5.32 Å². The van der Waals surface area contributed by atoms with Crippen molar-refractivity contribution in [1.82, 2.24) is 5.32 Å². The van der Waals surface area contributed by atoms with Crippen LogP contribution in [0.3, 0.4) is 0 Å². The fourth-order valence-electron chi connectivity index (χ4n) is 3.21. The van der Waals surface area contributed by atoms with Crippen LogP contribution in [0.15, 0.2) is 0 Å². The minimum atomic E-state index is 0.435. The van der Waals surface area contributed by atoms with E-state index in [2.05, 4.69) is 33.0 Å². The Bertz CT molecular complexity index is 207. The summed E-state index contributed by atoms with van der Waals surface area (Å²) in [6.07, 6.45) is 8.04. The monoisotopic (exact) mass is 255 g/mol. The molecule has 2 nitrogen and oxygen atoms in total. The van der Waals surface area contributed by atoms with Gasteiger partial charge in [0.15, 0.2) is 0 Å². The molecule has 0 radical (unpaired) electrons. The van der Waals surface area contributed by atoms with Gasteiger partial charge in [-0.25, -0.2) is 0 Å². The standard InChI is InChI=1S/C16H33NO/c1-5-7-8-10-18-16-14(4)11-13(3)12-15(16)17-9-6-2/h13-17H,5-12H2,1-4H3. The van der Waals surface area contributed by atoms with Crippen molar-refractivity contribution in [3.8, 4) is 0 Å². The molecule has 0 aliphatic heterocycles. The van der Waals surface area contributed by atoms with E-state index < -0.39 is 0 Å². The zero-order valence-corrected chi connectivity index (χ0v) is 12.9. The third-order valence-electron chi connectivity index (χ3n) is 4.10. The molecule has 1 saturated carbocycles.